The van der Waals surface area contributed by atoms with Crippen LogP contribution in [0.15, 0.2) is 0 Å². The van der Waals surface area contributed by atoms with Gasteiger partial charge in [0, 0.05) is 12.6 Å². The van der Waals surface area contributed by atoms with E-state index in [0.29, 0.717) is 6.54 Å². The van der Waals surface area contributed by atoms with Gasteiger partial charge in [0.15, 0.2) is 0 Å². The summed E-state index contributed by atoms with van der Waals surface area (Å²) < 4.78 is 0. The Morgan fingerprint density at radius 1 is 1.26 bits per heavy atom. The first-order valence-electron chi connectivity index (χ1n) is 7.15. The van der Waals surface area contributed by atoms with Crippen LogP contribution in [0, 0.1) is 17.3 Å². The Morgan fingerprint density at radius 2 is 1.84 bits per heavy atom. The predicted octanol–water partition coefficient (Wildman–Crippen LogP) is 0.944. The van der Waals surface area contributed by atoms with Gasteiger partial charge in [-0.15, -0.1) is 0 Å². The van der Waals surface area contributed by atoms with Crippen molar-refractivity contribution in [2.45, 2.75) is 39.7 Å². The van der Waals surface area contributed by atoms with E-state index in [2.05, 4.69) is 5.32 Å². The van der Waals surface area contributed by atoms with Crippen molar-refractivity contribution in [3.05, 3.63) is 0 Å². The maximum absolute atomic E-state index is 12.6. The zero-order valence-electron chi connectivity index (χ0n) is 12.0. The summed E-state index contributed by atoms with van der Waals surface area (Å²) in [6.45, 7) is 8.28. The van der Waals surface area contributed by atoms with E-state index in [1.807, 2.05) is 25.7 Å². The van der Waals surface area contributed by atoms with Gasteiger partial charge in [-0.25, -0.2) is 0 Å². The standard InChI is InChI=1S/C14H24N2O3/c1-4-16(9-5-7-15-8-6-9)12(17)10-11(13(18)19)14(10,2)3/h9-11,15H,4-8H2,1-3H3,(H,18,19). The lowest BCUT2D eigenvalue weighted by Crippen LogP contribution is -2.47. The first-order valence-corrected chi connectivity index (χ1v) is 7.15. The number of amides is 1. The van der Waals surface area contributed by atoms with E-state index in [1.165, 1.54) is 0 Å². The van der Waals surface area contributed by atoms with Crippen LogP contribution in [-0.2, 0) is 9.59 Å². The van der Waals surface area contributed by atoms with Crippen molar-refractivity contribution in [3.63, 3.8) is 0 Å². The van der Waals surface area contributed by atoms with Gasteiger partial charge >= 0.3 is 5.97 Å². The maximum atomic E-state index is 12.6. The molecule has 2 fully saturated rings. The minimum Gasteiger partial charge on any atom is -0.481 e. The Bertz CT molecular complexity index is 375. The molecule has 1 saturated carbocycles. The molecule has 1 saturated heterocycles. The van der Waals surface area contributed by atoms with E-state index >= 15 is 0 Å². The van der Waals surface area contributed by atoms with Crippen LogP contribution < -0.4 is 5.32 Å². The van der Waals surface area contributed by atoms with Crippen LogP contribution in [-0.4, -0.2) is 47.6 Å². The second-order valence-electron chi connectivity index (χ2n) is 6.22. The summed E-state index contributed by atoms with van der Waals surface area (Å²) in [5.74, 6) is -1.67. The summed E-state index contributed by atoms with van der Waals surface area (Å²) in [5.41, 5.74) is -0.400. The number of piperidine rings is 1. The number of hydrogen-bond donors (Lipinski definition) is 2. The summed E-state index contributed by atoms with van der Waals surface area (Å²) in [4.78, 5) is 25.7. The summed E-state index contributed by atoms with van der Waals surface area (Å²) >= 11 is 0. The van der Waals surface area contributed by atoms with Gasteiger partial charge in [-0.1, -0.05) is 13.8 Å². The highest BCUT2D eigenvalue weighted by Gasteiger charge is 2.66. The molecular formula is C14H24N2O3. The summed E-state index contributed by atoms with van der Waals surface area (Å²) in [6, 6.07) is 0.268. The molecule has 19 heavy (non-hydrogen) atoms. The highest BCUT2D eigenvalue weighted by molar-refractivity contribution is 5.91. The summed E-state index contributed by atoms with van der Waals surface area (Å²) in [6.07, 6.45) is 1.93. The number of aliphatic carboxylic acids is 1. The van der Waals surface area contributed by atoms with Gasteiger partial charge in [-0.3, -0.25) is 9.59 Å². The molecule has 2 rings (SSSR count). The molecule has 1 aliphatic heterocycles. The van der Waals surface area contributed by atoms with Gasteiger partial charge in [0.25, 0.3) is 0 Å². The van der Waals surface area contributed by atoms with E-state index in [0.717, 1.165) is 25.9 Å². The fourth-order valence-electron chi connectivity index (χ4n) is 3.45. The Hall–Kier alpha value is -1.10. The maximum Gasteiger partial charge on any atom is 0.307 e. The predicted molar refractivity (Wildman–Crippen MR) is 71.7 cm³/mol. The first kappa shape index (κ1) is 14.3. The second-order valence-corrected chi connectivity index (χ2v) is 6.22. The van der Waals surface area contributed by atoms with Crippen LogP contribution in [0.4, 0.5) is 0 Å². The fourth-order valence-corrected chi connectivity index (χ4v) is 3.45. The zero-order chi connectivity index (χ0) is 14.2. The van der Waals surface area contributed by atoms with E-state index in [-0.39, 0.29) is 17.9 Å². The van der Waals surface area contributed by atoms with Gasteiger partial charge in [-0.2, -0.15) is 0 Å². The third-order valence-corrected chi connectivity index (χ3v) is 4.73. The van der Waals surface area contributed by atoms with Gasteiger partial charge < -0.3 is 15.3 Å². The van der Waals surface area contributed by atoms with Crippen LogP contribution in [0.1, 0.15) is 33.6 Å². The molecule has 1 amide bonds. The van der Waals surface area contributed by atoms with E-state index in [9.17, 15) is 14.7 Å². The SMILES string of the molecule is CCN(C(=O)C1C(C(=O)O)C1(C)C)C1CCNCC1. The van der Waals surface area contributed by atoms with Crippen molar-refractivity contribution in [3.8, 4) is 0 Å². The number of carbonyl (C=O) groups excluding carboxylic acids is 1. The second kappa shape index (κ2) is 5.12. The smallest absolute Gasteiger partial charge is 0.307 e. The van der Waals surface area contributed by atoms with Crippen LogP contribution >= 0.6 is 0 Å². The topological polar surface area (TPSA) is 69.6 Å². The molecule has 108 valence electrons. The molecule has 2 aliphatic rings. The fraction of sp³-hybridized carbons (Fsp3) is 0.857. The normalized spacial score (nSPS) is 29.8. The van der Waals surface area contributed by atoms with Crippen molar-refractivity contribution < 1.29 is 14.7 Å². The lowest BCUT2D eigenvalue weighted by atomic mass is 10.0. The van der Waals surface area contributed by atoms with Crippen molar-refractivity contribution in [1.82, 2.24) is 10.2 Å². The van der Waals surface area contributed by atoms with Gasteiger partial charge in [0.2, 0.25) is 5.91 Å². The van der Waals surface area contributed by atoms with Gasteiger partial charge in [0.05, 0.1) is 11.8 Å². The van der Waals surface area contributed by atoms with Crippen molar-refractivity contribution in [2.75, 3.05) is 19.6 Å². The van der Waals surface area contributed by atoms with E-state index < -0.39 is 17.3 Å². The Balaban J connectivity index is 2.07. The molecule has 2 atom stereocenters. The molecule has 1 aliphatic carbocycles. The number of nitrogens with zero attached hydrogens (tertiary/aromatic N) is 1. The summed E-state index contributed by atoms with van der Waals surface area (Å²) in [5, 5.41) is 12.5. The molecule has 0 spiro atoms. The average molecular weight is 268 g/mol. The van der Waals surface area contributed by atoms with E-state index in [1.54, 1.807) is 0 Å². The molecule has 0 aromatic heterocycles. The molecular weight excluding hydrogens is 244 g/mol. The number of carboxylic acid groups (broad SMARTS) is 1. The molecule has 5 heteroatoms. The number of hydrogen-bond acceptors (Lipinski definition) is 3. The molecule has 1 heterocycles. The van der Waals surface area contributed by atoms with Crippen LogP contribution in [0.3, 0.4) is 0 Å². The monoisotopic (exact) mass is 268 g/mol. The van der Waals surface area contributed by atoms with E-state index in [4.69, 9.17) is 0 Å². The lowest BCUT2D eigenvalue weighted by Gasteiger charge is -2.34. The largest absolute Gasteiger partial charge is 0.481 e. The molecule has 0 bridgehead atoms. The Morgan fingerprint density at radius 3 is 2.26 bits per heavy atom. The van der Waals surface area contributed by atoms with Crippen molar-refractivity contribution >= 4 is 11.9 Å². The first-order chi connectivity index (χ1) is 8.91. The number of nitrogens with one attached hydrogen (secondary N) is 1. The molecule has 2 N–H and O–H groups in total. The molecule has 5 nitrogen and oxygen atoms in total. The molecule has 0 radical (unpaired) electrons. The van der Waals surface area contributed by atoms with Crippen LogP contribution in [0.25, 0.3) is 0 Å². The third kappa shape index (κ3) is 2.48. The molecule has 0 aromatic carbocycles. The molecule has 0 aromatic rings. The average Bonchev–Trinajstić information content (AvgIpc) is 2.94. The van der Waals surface area contributed by atoms with Crippen molar-refractivity contribution in [1.29, 1.82) is 0 Å². The van der Waals surface area contributed by atoms with Crippen LogP contribution in [0.5, 0.6) is 0 Å². The quantitative estimate of drug-likeness (QED) is 0.796. The Labute approximate surface area is 114 Å². The number of carbonyl (C=O) groups is 2. The molecule has 2 unspecified atom stereocenters. The van der Waals surface area contributed by atoms with Crippen LogP contribution in [0.2, 0.25) is 0 Å². The summed E-state index contributed by atoms with van der Waals surface area (Å²) in [7, 11) is 0. The minimum atomic E-state index is -0.843. The van der Waals surface area contributed by atoms with Crippen molar-refractivity contribution in [2.24, 2.45) is 17.3 Å². The third-order valence-electron chi connectivity index (χ3n) is 4.73. The van der Waals surface area contributed by atoms with Gasteiger partial charge in [-0.05, 0) is 38.3 Å². The van der Waals surface area contributed by atoms with Gasteiger partial charge in [0.1, 0.15) is 0 Å². The number of carboxylic acids is 1. The zero-order valence-corrected chi connectivity index (χ0v) is 12.0. The lowest BCUT2D eigenvalue weighted by molar-refractivity contribution is -0.142. The highest BCUT2D eigenvalue weighted by atomic mass is 16.4. The minimum absolute atomic E-state index is 0.0341. The highest BCUT2D eigenvalue weighted by Crippen LogP contribution is 2.59. The Kier molecular flexibility index (Phi) is 3.85. The number of rotatable bonds is 4.